The molecule has 2 aliphatic rings. The van der Waals surface area contributed by atoms with E-state index in [1.54, 1.807) is 0 Å². The van der Waals surface area contributed by atoms with Crippen molar-refractivity contribution in [1.82, 2.24) is 20.4 Å². The van der Waals surface area contributed by atoms with Gasteiger partial charge in [-0.05, 0) is 92.4 Å². The van der Waals surface area contributed by atoms with Crippen LogP contribution in [-0.4, -0.2) is 72.5 Å². The van der Waals surface area contributed by atoms with Gasteiger partial charge in [-0.25, -0.2) is 0 Å². The molecule has 0 aromatic heterocycles. The summed E-state index contributed by atoms with van der Waals surface area (Å²) < 4.78 is 0. The van der Waals surface area contributed by atoms with Crippen LogP contribution in [-0.2, 0) is 9.59 Å². The summed E-state index contributed by atoms with van der Waals surface area (Å²) in [6.45, 7) is 17.8. The molecule has 0 aromatic carbocycles. The Morgan fingerprint density at radius 1 is 1.00 bits per heavy atom. The third-order valence-corrected chi connectivity index (χ3v) is 7.46. The quantitative estimate of drug-likeness (QED) is 0.568. The van der Waals surface area contributed by atoms with Crippen LogP contribution in [0, 0.1) is 11.3 Å². The average molecular weight is 423 g/mol. The Balaban J connectivity index is 1.75. The molecular weight excluding hydrogens is 376 g/mol. The third-order valence-electron chi connectivity index (χ3n) is 7.46. The fraction of sp³-hybridized carbons (Fsp3) is 0.917. The molecule has 0 bridgehead atoms. The minimum atomic E-state index is -0.183. The molecule has 2 N–H and O–H groups in total. The van der Waals surface area contributed by atoms with Gasteiger partial charge in [0.25, 0.3) is 0 Å². The molecular formula is C24H46N4O2. The van der Waals surface area contributed by atoms with Crippen LogP contribution in [0.2, 0.25) is 0 Å². The van der Waals surface area contributed by atoms with Crippen molar-refractivity contribution in [1.29, 1.82) is 0 Å². The fourth-order valence-electron chi connectivity index (χ4n) is 4.97. The highest BCUT2D eigenvalue weighted by molar-refractivity contribution is 5.83. The van der Waals surface area contributed by atoms with Crippen molar-refractivity contribution in [3.8, 4) is 0 Å². The Bertz CT molecular complexity index is 557. The summed E-state index contributed by atoms with van der Waals surface area (Å²) in [6, 6.07) is 0.832. The smallest absolute Gasteiger partial charge is 0.226 e. The lowest BCUT2D eigenvalue weighted by atomic mass is 9.75. The van der Waals surface area contributed by atoms with Crippen LogP contribution < -0.4 is 10.6 Å². The molecule has 0 radical (unpaired) electrons. The van der Waals surface area contributed by atoms with E-state index in [2.05, 4.69) is 48.1 Å². The lowest BCUT2D eigenvalue weighted by Crippen LogP contribution is -2.50. The summed E-state index contributed by atoms with van der Waals surface area (Å²) in [5.41, 5.74) is -0.183. The van der Waals surface area contributed by atoms with Crippen LogP contribution in [0.1, 0.15) is 80.1 Å². The molecule has 174 valence electrons. The van der Waals surface area contributed by atoms with Gasteiger partial charge in [-0.3, -0.25) is 14.5 Å². The van der Waals surface area contributed by atoms with Crippen LogP contribution in [0.25, 0.3) is 0 Å². The van der Waals surface area contributed by atoms with E-state index >= 15 is 0 Å². The first-order chi connectivity index (χ1) is 14.2. The number of likely N-dealkylation sites (tertiary alicyclic amines) is 2. The zero-order chi connectivity index (χ0) is 22.3. The maximum absolute atomic E-state index is 13.1. The predicted octanol–water partition coefficient (Wildman–Crippen LogP) is 3.02. The molecule has 2 rings (SSSR count). The van der Waals surface area contributed by atoms with Crippen LogP contribution in [0.3, 0.4) is 0 Å². The lowest BCUT2D eigenvalue weighted by Gasteiger charge is -2.40. The molecule has 3 unspecified atom stereocenters. The van der Waals surface area contributed by atoms with E-state index in [9.17, 15) is 9.59 Å². The summed E-state index contributed by atoms with van der Waals surface area (Å²) in [4.78, 5) is 30.2. The van der Waals surface area contributed by atoms with Crippen molar-refractivity contribution in [2.75, 3.05) is 32.7 Å². The molecule has 2 aliphatic heterocycles. The first-order valence-corrected chi connectivity index (χ1v) is 12.3. The zero-order valence-corrected chi connectivity index (χ0v) is 20.3. The SMILES string of the molecule is CCN1CCC(CC)(C(=O)NC(C)CCC(C)N2CCC(C(=O)NC(C)C)C2)CC1. The highest BCUT2D eigenvalue weighted by Crippen LogP contribution is 2.35. The first-order valence-electron chi connectivity index (χ1n) is 12.3. The Morgan fingerprint density at radius 3 is 2.23 bits per heavy atom. The van der Waals surface area contributed by atoms with E-state index in [0.29, 0.717) is 6.04 Å². The van der Waals surface area contributed by atoms with E-state index in [1.807, 2.05) is 13.8 Å². The number of carbonyl (C=O) groups excluding carboxylic acids is 2. The van der Waals surface area contributed by atoms with Gasteiger partial charge in [0.1, 0.15) is 0 Å². The van der Waals surface area contributed by atoms with Crippen molar-refractivity contribution >= 4 is 11.8 Å². The molecule has 3 atom stereocenters. The number of piperidine rings is 1. The molecule has 0 saturated carbocycles. The minimum absolute atomic E-state index is 0.116. The molecule has 2 heterocycles. The number of carbonyl (C=O) groups is 2. The fourth-order valence-corrected chi connectivity index (χ4v) is 4.97. The largest absolute Gasteiger partial charge is 0.354 e. The molecule has 2 fully saturated rings. The standard InChI is InChI=1S/C24H46N4O2/c1-7-24(12-15-27(8-2)16-13-24)23(30)26-19(5)9-10-20(6)28-14-11-21(17-28)22(29)25-18(3)4/h18-21H,7-17H2,1-6H3,(H,25,29)(H,26,30). The highest BCUT2D eigenvalue weighted by atomic mass is 16.2. The molecule has 6 nitrogen and oxygen atoms in total. The molecule has 2 amide bonds. The lowest BCUT2D eigenvalue weighted by molar-refractivity contribution is -0.135. The van der Waals surface area contributed by atoms with Crippen LogP contribution >= 0.6 is 0 Å². The van der Waals surface area contributed by atoms with Gasteiger partial charge in [-0.1, -0.05) is 13.8 Å². The number of hydrogen-bond acceptors (Lipinski definition) is 4. The Labute approximate surface area is 184 Å². The normalized spacial score (nSPS) is 24.6. The van der Waals surface area contributed by atoms with Crippen molar-refractivity contribution < 1.29 is 9.59 Å². The van der Waals surface area contributed by atoms with E-state index in [1.165, 1.54) is 0 Å². The summed E-state index contributed by atoms with van der Waals surface area (Å²) in [7, 11) is 0. The molecule has 6 heteroatoms. The number of hydrogen-bond donors (Lipinski definition) is 2. The summed E-state index contributed by atoms with van der Waals surface area (Å²) in [6.07, 6.45) is 5.84. The third kappa shape index (κ3) is 6.68. The molecule has 0 aromatic rings. The van der Waals surface area contributed by atoms with E-state index in [4.69, 9.17) is 0 Å². The second-order valence-electron chi connectivity index (χ2n) is 10.0. The Morgan fingerprint density at radius 2 is 1.67 bits per heavy atom. The predicted molar refractivity (Wildman–Crippen MR) is 123 cm³/mol. The van der Waals surface area contributed by atoms with E-state index < -0.39 is 0 Å². The van der Waals surface area contributed by atoms with E-state index in [0.717, 1.165) is 71.2 Å². The highest BCUT2D eigenvalue weighted by Gasteiger charge is 2.39. The Kier molecular flexibility index (Phi) is 9.61. The molecule has 0 aliphatic carbocycles. The van der Waals surface area contributed by atoms with Gasteiger partial charge >= 0.3 is 0 Å². The van der Waals surface area contributed by atoms with Crippen LogP contribution in [0.4, 0.5) is 0 Å². The number of rotatable bonds is 10. The number of nitrogens with one attached hydrogen (secondary N) is 2. The average Bonchev–Trinajstić information content (AvgIpc) is 3.22. The van der Waals surface area contributed by atoms with Crippen LogP contribution in [0.15, 0.2) is 0 Å². The van der Waals surface area contributed by atoms with Gasteiger partial charge in [-0.15, -0.1) is 0 Å². The molecule has 0 spiro atoms. The first kappa shape index (κ1) is 25.1. The van der Waals surface area contributed by atoms with Crippen LogP contribution in [0.5, 0.6) is 0 Å². The Hall–Kier alpha value is -1.14. The molecule has 30 heavy (non-hydrogen) atoms. The molecule has 2 saturated heterocycles. The van der Waals surface area contributed by atoms with Gasteiger partial charge < -0.3 is 15.5 Å². The van der Waals surface area contributed by atoms with Gasteiger partial charge in [0.15, 0.2) is 0 Å². The van der Waals surface area contributed by atoms with Crippen molar-refractivity contribution in [2.45, 2.75) is 98.2 Å². The number of nitrogens with zero attached hydrogens (tertiary/aromatic N) is 2. The minimum Gasteiger partial charge on any atom is -0.354 e. The monoisotopic (exact) mass is 422 g/mol. The second kappa shape index (κ2) is 11.5. The van der Waals surface area contributed by atoms with Gasteiger partial charge in [0.2, 0.25) is 11.8 Å². The summed E-state index contributed by atoms with van der Waals surface area (Å²) in [5.74, 6) is 0.567. The summed E-state index contributed by atoms with van der Waals surface area (Å²) in [5, 5.41) is 6.38. The maximum Gasteiger partial charge on any atom is 0.226 e. The topological polar surface area (TPSA) is 64.7 Å². The van der Waals surface area contributed by atoms with Crippen molar-refractivity contribution in [3.05, 3.63) is 0 Å². The second-order valence-corrected chi connectivity index (χ2v) is 10.0. The van der Waals surface area contributed by atoms with Gasteiger partial charge in [0, 0.05) is 24.7 Å². The van der Waals surface area contributed by atoms with E-state index in [-0.39, 0.29) is 35.2 Å². The van der Waals surface area contributed by atoms with Gasteiger partial charge in [0.05, 0.1) is 11.3 Å². The van der Waals surface area contributed by atoms with Crippen molar-refractivity contribution in [2.24, 2.45) is 11.3 Å². The van der Waals surface area contributed by atoms with Gasteiger partial charge in [-0.2, -0.15) is 0 Å². The maximum atomic E-state index is 13.1. The van der Waals surface area contributed by atoms with Crippen molar-refractivity contribution in [3.63, 3.8) is 0 Å². The zero-order valence-electron chi connectivity index (χ0n) is 20.3. The number of amides is 2. The summed E-state index contributed by atoms with van der Waals surface area (Å²) >= 11 is 0.